The maximum absolute atomic E-state index is 12.8. The molecule has 0 aliphatic heterocycles. The van der Waals surface area contributed by atoms with Crippen LogP contribution in [0.4, 0.5) is 11.9 Å². The van der Waals surface area contributed by atoms with Gasteiger partial charge in [0.2, 0.25) is 24.2 Å². The van der Waals surface area contributed by atoms with E-state index in [1.807, 2.05) is 21.0 Å². The van der Waals surface area contributed by atoms with Crippen LogP contribution in [-0.2, 0) is 16.0 Å². The van der Waals surface area contributed by atoms with E-state index in [0.717, 1.165) is 38.5 Å². The zero-order valence-corrected chi connectivity index (χ0v) is 16.9. The van der Waals surface area contributed by atoms with Gasteiger partial charge in [0.25, 0.3) is 0 Å². The summed E-state index contributed by atoms with van der Waals surface area (Å²) in [4.78, 5) is 38.3. The highest BCUT2D eigenvalue weighted by Gasteiger charge is 2.30. The van der Waals surface area contributed by atoms with Crippen LogP contribution in [0.2, 0.25) is 0 Å². The summed E-state index contributed by atoms with van der Waals surface area (Å²) in [5, 5.41) is 10.2. The minimum Gasteiger partial charge on any atom is -0.347 e. The predicted octanol–water partition coefficient (Wildman–Crippen LogP) is 1.38. The summed E-state index contributed by atoms with van der Waals surface area (Å²) in [5.74, 6) is 0.657. The lowest BCUT2D eigenvalue weighted by molar-refractivity contribution is -0.156. The Bertz CT molecular complexity index is 648. The second-order valence-electron chi connectivity index (χ2n) is 7.32. The molecule has 1 aliphatic carbocycles. The molecule has 2 amide bonds. The Labute approximate surface area is 165 Å². The molecule has 156 valence electrons. The Morgan fingerprint density at radius 2 is 1.89 bits per heavy atom. The molecule has 10 nitrogen and oxygen atoms in total. The fraction of sp³-hybridized carbons (Fsp3) is 0.722. The first-order chi connectivity index (χ1) is 13.4. The summed E-state index contributed by atoms with van der Waals surface area (Å²) >= 11 is 0. The van der Waals surface area contributed by atoms with E-state index in [4.69, 9.17) is 0 Å². The predicted molar refractivity (Wildman–Crippen MR) is 105 cm³/mol. The summed E-state index contributed by atoms with van der Waals surface area (Å²) < 4.78 is 0. The fourth-order valence-electron chi connectivity index (χ4n) is 3.44. The molecular formula is C18H31N7O3. The average Bonchev–Trinajstić information content (AvgIpc) is 2.98. The van der Waals surface area contributed by atoms with Crippen molar-refractivity contribution in [2.45, 2.75) is 51.9 Å². The van der Waals surface area contributed by atoms with Crippen molar-refractivity contribution in [3.05, 3.63) is 5.82 Å². The van der Waals surface area contributed by atoms with Crippen molar-refractivity contribution in [1.82, 2.24) is 25.4 Å². The molecule has 0 spiro atoms. The van der Waals surface area contributed by atoms with Crippen molar-refractivity contribution >= 4 is 24.2 Å². The molecule has 1 unspecified atom stereocenters. The molecular weight excluding hydrogens is 362 g/mol. The Hall–Kier alpha value is -2.49. The van der Waals surface area contributed by atoms with E-state index in [9.17, 15) is 14.8 Å². The third-order valence-corrected chi connectivity index (χ3v) is 4.99. The van der Waals surface area contributed by atoms with Gasteiger partial charge in [0.05, 0.1) is 12.5 Å². The third-order valence-electron chi connectivity index (χ3n) is 4.99. The molecule has 1 heterocycles. The van der Waals surface area contributed by atoms with Gasteiger partial charge in [-0.3, -0.25) is 25.6 Å². The minimum absolute atomic E-state index is 0.0396. The molecule has 0 bridgehead atoms. The number of amides is 2. The number of hydrazine groups is 1. The van der Waals surface area contributed by atoms with E-state index < -0.39 is 5.92 Å². The molecule has 1 aromatic rings. The number of hydrogen-bond acceptors (Lipinski definition) is 8. The summed E-state index contributed by atoms with van der Waals surface area (Å²) in [6.07, 6.45) is 7.17. The van der Waals surface area contributed by atoms with Crippen molar-refractivity contribution in [1.29, 1.82) is 0 Å². The van der Waals surface area contributed by atoms with E-state index >= 15 is 0 Å². The van der Waals surface area contributed by atoms with Gasteiger partial charge in [0, 0.05) is 20.5 Å². The Balaban J connectivity index is 2.09. The normalized spacial score (nSPS) is 16.0. The lowest BCUT2D eigenvalue weighted by atomic mass is 9.85. The number of carbonyl (C=O) groups is 2. The molecule has 1 atom stereocenters. The van der Waals surface area contributed by atoms with Gasteiger partial charge in [0.15, 0.2) is 0 Å². The van der Waals surface area contributed by atoms with Crippen molar-refractivity contribution in [2.75, 3.05) is 31.0 Å². The fourth-order valence-corrected chi connectivity index (χ4v) is 3.44. The van der Waals surface area contributed by atoms with Gasteiger partial charge >= 0.3 is 0 Å². The van der Waals surface area contributed by atoms with Crippen molar-refractivity contribution in [3.8, 4) is 0 Å². The molecule has 1 aromatic heterocycles. The van der Waals surface area contributed by atoms with Gasteiger partial charge in [-0.2, -0.15) is 15.0 Å². The highest BCUT2D eigenvalue weighted by Crippen LogP contribution is 2.29. The third kappa shape index (κ3) is 6.29. The number of hydrogen-bond donors (Lipinski definition) is 3. The Morgan fingerprint density at radius 3 is 2.46 bits per heavy atom. The number of anilines is 2. The molecule has 1 saturated carbocycles. The number of carbonyl (C=O) groups excluding carboxylic acids is 2. The monoisotopic (exact) mass is 393 g/mol. The van der Waals surface area contributed by atoms with Crippen molar-refractivity contribution in [3.63, 3.8) is 0 Å². The summed E-state index contributed by atoms with van der Waals surface area (Å²) in [6, 6.07) is 0. The largest absolute Gasteiger partial charge is 0.347 e. The van der Waals surface area contributed by atoms with Gasteiger partial charge in [-0.05, 0) is 18.8 Å². The van der Waals surface area contributed by atoms with Crippen LogP contribution in [0, 0.1) is 11.8 Å². The average molecular weight is 393 g/mol. The summed E-state index contributed by atoms with van der Waals surface area (Å²) in [5.41, 5.74) is 5.41. The molecule has 10 heteroatoms. The first-order valence-electron chi connectivity index (χ1n) is 9.83. The Kier molecular flexibility index (Phi) is 8.37. The lowest BCUT2D eigenvalue weighted by Gasteiger charge is -2.27. The molecule has 1 aliphatic rings. The summed E-state index contributed by atoms with van der Waals surface area (Å²) in [7, 11) is 3.66. The Morgan fingerprint density at radius 1 is 1.21 bits per heavy atom. The van der Waals surface area contributed by atoms with Crippen LogP contribution >= 0.6 is 0 Å². The highest BCUT2D eigenvalue weighted by atomic mass is 16.5. The van der Waals surface area contributed by atoms with E-state index in [-0.39, 0.29) is 24.3 Å². The highest BCUT2D eigenvalue weighted by molar-refractivity contribution is 5.80. The molecule has 1 fully saturated rings. The van der Waals surface area contributed by atoms with Gasteiger partial charge in [0.1, 0.15) is 5.82 Å². The van der Waals surface area contributed by atoms with Crippen LogP contribution in [0.5, 0.6) is 0 Å². The molecule has 0 saturated heterocycles. The molecule has 0 aromatic carbocycles. The second-order valence-corrected chi connectivity index (χ2v) is 7.32. The van der Waals surface area contributed by atoms with Gasteiger partial charge in [-0.15, -0.1) is 0 Å². The number of aryl methyl sites for hydroxylation is 1. The summed E-state index contributed by atoms with van der Waals surface area (Å²) in [6.45, 7) is 1.90. The van der Waals surface area contributed by atoms with E-state index in [1.54, 1.807) is 4.90 Å². The second kappa shape index (κ2) is 10.7. The number of hydroxylamine groups is 2. The van der Waals surface area contributed by atoms with Crippen LogP contribution < -0.4 is 15.8 Å². The lowest BCUT2D eigenvalue weighted by Crippen LogP contribution is -2.44. The molecule has 2 rings (SSSR count). The molecule has 3 N–H and O–H groups in total. The minimum atomic E-state index is -0.512. The van der Waals surface area contributed by atoms with Crippen LogP contribution in [0.3, 0.4) is 0 Å². The zero-order valence-electron chi connectivity index (χ0n) is 16.9. The maximum atomic E-state index is 12.8. The first-order valence-corrected chi connectivity index (χ1v) is 9.83. The quantitative estimate of drug-likeness (QED) is 0.249. The first kappa shape index (κ1) is 21.8. The molecule has 0 radical (unpaired) electrons. The molecule has 28 heavy (non-hydrogen) atoms. The maximum Gasteiger partial charge on any atom is 0.246 e. The van der Waals surface area contributed by atoms with Gasteiger partial charge in [-0.1, -0.05) is 32.6 Å². The number of aromatic nitrogens is 3. The van der Waals surface area contributed by atoms with Crippen LogP contribution in [0.25, 0.3) is 0 Å². The zero-order chi connectivity index (χ0) is 20.5. The standard InChI is InChI=1S/C18H31N7O3/c1-4-15-19-17(21-18(20-15)24(2)3)23-22-16(27)14(11-25(28)12-26)13-9-7-5-6-8-10-13/h12-14,28H,4-11H2,1-3H3,(H,22,27)(H,19,20,21,23). The van der Waals surface area contributed by atoms with E-state index in [1.165, 1.54) is 0 Å². The van der Waals surface area contributed by atoms with E-state index in [0.29, 0.717) is 29.7 Å². The smallest absolute Gasteiger partial charge is 0.246 e. The van der Waals surface area contributed by atoms with Gasteiger partial charge < -0.3 is 4.90 Å². The van der Waals surface area contributed by atoms with Gasteiger partial charge in [-0.25, -0.2) is 5.06 Å². The topological polar surface area (TPSA) is 124 Å². The van der Waals surface area contributed by atoms with Crippen LogP contribution in [0.1, 0.15) is 51.3 Å². The van der Waals surface area contributed by atoms with E-state index in [2.05, 4.69) is 25.8 Å². The number of nitrogens with zero attached hydrogens (tertiary/aromatic N) is 5. The number of nitrogens with one attached hydrogen (secondary N) is 2. The van der Waals surface area contributed by atoms with Crippen molar-refractivity contribution in [2.24, 2.45) is 11.8 Å². The SMILES string of the molecule is CCc1nc(NNC(=O)C(CN(O)C=O)C2CCCCCC2)nc(N(C)C)n1. The number of rotatable bonds is 9. The van der Waals surface area contributed by atoms with Crippen molar-refractivity contribution < 1.29 is 14.8 Å². The van der Waals surface area contributed by atoms with Crippen LogP contribution in [-0.4, -0.2) is 58.2 Å². The van der Waals surface area contributed by atoms with Crippen LogP contribution in [0.15, 0.2) is 0 Å².